The molecule has 39 heavy (non-hydrogen) atoms. The molecule has 1 heterocycles. The van der Waals surface area contributed by atoms with Crippen molar-refractivity contribution in [1.29, 1.82) is 0 Å². The fraction of sp³-hybridized carbons (Fsp3) is 0.500. The summed E-state index contributed by atoms with van der Waals surface area (Å²) in [4.78, 5) is 17.2. The van der Waals surface area contributed by atoms with E-state index in [1.807, 2.05) is 0 Å². The number of ether oxygens (including phenoxy) is 1. The van der Waals surface area contributed by atoms with Crippen molar-refractivity contribution in [2.45, 2.75) is 97.5 Å². The van der Waals surface area contributed by atoms with Gasteiger partial charge in [0.15, 0.2) is 11.9 Å². The number of hydrogen-bond acceptors (Lipinski definition) is 5. The van der Waals surface area contributed by atoms with Gasteiger partial charge in [-0.1, -0.05) is 107 Å². The summed E-state index contributed by atoms with van der Waals surface area (Å²) in [5.41, 5.74) is 2.61. The molecule has 0 spiro atoms. The lowest BCUT2D eigenvalue weighted by Gasteiger charge is -2.30. The molecular formula is C30H38Cl3N3O3. The lowest BCUT2D eigenvalue weighted by molar-refractivity contribution is -0.115. The first kappa shape index (κ1) is 31.3. The third kappa shape index (κ3) is 8.12. The van der Waals surface area contributed by atoms with Gasteiger partial charge in [-0.05, 0) is 53.9 Å². The molecule has 212 valence electrons. The molecular weight excluding hydrogens is 557 g/mol. The van der Waals surface area contributed by atoms with E-state index in [0.717, 1.165) is 30.6 Å². The summed E-state index contributed by atoms with van der Waals surface area (Å²) in [7, 11) is 0. The maximum atomic E-state index is 12.7. The molecule has 0 aliphatic heterocycles. The number of nitrogens with zero attached hydrogens (tertiary/aromatic N) is 2. The van der Waals surface area contributed by atoms with E-state index in [-0.39, 0.29) is 44.7 Å². The van der Waals surface area contributed by atoms with Gasteiger partial charge in [0.1, 0.15) is 5.75 Å². The van der Waals surface area contributed by atoms with Gasteiger partial charge in [-0.2, -0.15) is 4.98 Å². The molecule has 1 N–H and O–H groups in total. The minimum Gasteiger partial charge on any atom is -0.480 e. The zero-order valence-corrected chi connectivity index (χ0v) is 26.0. The summed E-state index contributed by atoms with van der Waals surface area (Å²) < 4.78 is 12.2. The summed E-state index contributed by atoms with van der Waals surface area (Å²) in [5, 5.41) is 7.61. The van der Waals surface area contributed by atoms with Crippen molar-refractivity contribution in [2.75, 3.05) is 5.32 Å². The molecule has 1 unspecified atom stereocenters. The maximum absolute atomic E-state index is 12.7. The Balaban J connectivity index is 1.85. The number of benzene rings is 2. The summed E-state index contributed by atoms with van der Waals surface area (Å²) in [6, 6.07) is 9.45. The number of anilines is 1. The lowest BCUT2D eigenvalue weighted by Crippen LogP contribution is -2.21. The molecule has 3 aromatic rings. The molecule has 0 fully saturated rings. The summed E-state index contributed by atoms with van der Waals surface area (Å²) in [6.07, 6.45) is 3.01. The van der Waals surface area contributed by atoms with Crippen LogP contribution >= 0.6 is 34.8 Å². The number of carbonyl (C=O) groups excluding carboxylic acids is 1. The monoisotopic (exact) mass is 593 g/mol. The molecule has 2 aromatic carbocycles. The third-order valence-corrected chi connectivity index (χ3v) is 7.71. The smallest absolute Gasteiger partial charge is 0.267 e. The van der Waals surface area contributed by atoms with E-state index in [4.69, 9.17) is 44.1 Å². The molecule has 9 heteroatoms. The van der Waals surface area contributed by atoms with Crippen molar-refractivity contribution in [3.05, 3.63) is 68.2 Å². The number of nitrogens with one attached hydrogen (secondary N) is 1. The van der Waals surface area contributed by atoms with E-state index in [1.165, 1.54) is 17.7 Å². The Kier molecular flexibility index (Phi) is 10.4. The van der Waals surface area contributed by atoms with E-state index in [1.54, 1.807) is 0 Å². The summed E-state index contributed by atoms with van der Waals surface area (Å²) in [6.45, 7) is 15.4. The van der Waals surface area contributed by atoms with Crippen LogP contribution < -0.4 is 10.1 Å². The molecule has 0 radical (unpaired) electrons. The zero-order valence-electron chi connectivity index (χ0n) is 23.8. The van der Waals surface area contributed by atoms with Crippen LogP contribution in [0.3, 0.4) is 0 Å². The van der Waals surface area contributed by atoms with Crippen LogP contribution in [0.15, 0.2) is 34.9 Å². The first-order chi connectivity index (χ1) is 18.2. The Hall–Kier alpha value is -2.28. The second-order valence-electron chi connectivity index (χ2n) is 11.5. The number of carbonyl (C=O) groups is 1. The van der Waals surface area contributed by atoms with E-state index in [2.05, 4.69) is 82.1 Å². The topological polar surface area (TPSA) is 77.2 Å². The molecule has 0 aliphatic rings. The highest BCUT2D eigenvalue weighted by molar-refractivity contribution is 6.42. The van der Waals surface area contributed by atoms with Crippen molar-refractivity contribution in [3.63, 3.8) is 0 Å². The van der Waals surface area contributed by atoms with Crippen LogP contribution in [0.25, 0.3) is 0 Å². The predicted molar refractivity (Wildman–Crippen MR) is 159 cm³/mol. The Morgan fingerprint density at radius 3 is 2.31 bits per heavy atom. The SMILES string of the molecule is CCCCC(Oc1ccc(C(C)(C)C)cc1C(C)(C)CC)c1nc(CC(=O)Nc2c(Cl)cc(Cl)cc2Cl)no1. The number of rotatable bonds is 11. The molecule has 1 amide bonds. The van der Waals surface area contributed by atoms with E-state index in [9.17, 15) is 4.79 Å². The van der Waals surface area contributed by atoms with Crippen LogP contribution in [0.1, 0.15) is 103 Å². The molecule has 0 aliphatic carbocycles. The van der Waals surface area contributed by atoms with Crippen molar-refractivity contribution in [1.82, 2.24) is 10.1 Å². The first-order valence-corrected chi connectivity index (χ1v) is 14.5. The number of unbranched alkanes of at least 4 members (excludes halogenated alkanes) is 1. The number of amides is 1. The average Bonchev–Trinajstić information content (AvgIpc) is 3.31. The van der Waals surface area contributed by atoms with Gasteiger partial charge in [-0.15, -0.1) is 0 Å². The van der Waals surface area contributed by atoms with Crippen molar-refractivity contribution >= 4 is 46.4 Å². The van der Waals surface area contributed by atoms with Gasteiger partial charge >= 0.3 is 0 Å². The van der Waals surface area contributed by atoms with Gasteiger partial charge in [-0.25, -0.2) is 0 Å². The normalized spacial score (nSPS) is 12.9. The van der Waals surface area contributed by atoms with Gasteiger partial charge in [-0.3, -0.25) is 4.79 Å². The van der Waals surface area contributed by atoms with Gasteiger partial charge in [0.2, 0.25) is 5.91 Å². The van der Waals surface area contributed by atoms with Crippen LogP contribution in [0.5, 0.6) is 5.75 Å². The largest absolute Gasteiger partial charge is 0.480 e. The molecule has 3 rings (SSSR count). The Morgan fingerprint density at radius 2 is 1.72 bits per heavy atom. The van der Waals surface area contributed by atoms with Crippen molar-refractivity contribution < 1.29 is 14.1 Å². The van der Waals surface area contributed by atoms with Crippen LogP contribution in [-0.2, 0) is 22.0 Å². The molecule has 0 bridgehead atoms. The fourth-order valence-corrected chi connectivity index (χ4v) is 4.96. The predicted octanol–water partition coefficient (Wildman–Crippen LogP) is 9.51. The Labute approximate surface area is 246 Å². The number of aromatic nitrogens is 2. The van der Waals surface area contributed by atoms with Crippen molar-refractivity contribution in [3.8, 4) is 5.75 Å². The van der Waals surface area contributed by atoms with E-state index in [0.29, 0.717) is 17.3 Å². The van der Waals surface area contributed by atoms with Crippen molar-refractivity contribution in [2.24, 2.45) is 0 Å². The minimum atomic E-state index is -0.443. The average molecular weight is 595 g/mol. The zero-order chi connectivity index (χ0) is 29.0. The van der Waals surface area contributed by atoms with Crippen LogP contribution in [-0.4, -0.2) is 16.0 Å². The lowest BCUT2D eigenvalue weighted by atomic mass is 9.78. The summed E-state index contributed by atoms with van der Waals surface area (Å²) in [5.74, 6) is 1.00. The number of halogens is 3. The number of hydrogen-bond donors (Lipinski definition) is 1. The Bertz CT molecular complexity index is 1280. The maximum Gasteiger partial charge on any atom is 0.267 e. The van der Waals surface area contributed by atoms with Crippen LogP contribution in [0.2, 0.25) is 15.1 Å². The van der Waals surface area contributed by atoms with E-state index >= 15 is 0 Å². The standard InChI is InChI=1S/C30H38Cl3N3O3/c1-8-10-11-24(38-23-13-12-18(29(3,4)5)14-20(23)30(6,7)9-2)28-34-25(36-39-28)17-26(37)35-27-21(32)15-19(31)16-22(27)33/h12-16,24H,8-11,17H2,1-7H3,(H,35,37). The molecule has 0 saturated heterocycles. The first-order valence-electron chi connectivity index (χ1n) is 13.3. The molecule has 0 saturated carbocycles. The van der Waals surface area contributed by atoms with Crippen LogP contribution in [0.4, 0.5) is 5.69 Å². The van der Waals surface area contributed by atoms with Gasteiger partial charge in [0.05, 0.1) is 22.2 Å². The minimum absolute atomic E-state index is 0.0150. The van der Waals surface area contributed by atoms with Crippen LogP contribution in [0, 0.1) is 0 Å². The highest BCUT2D eigenvalue weighted by atomic mass is 35.5. The third-order valence-electron chi connectivity index (χ3n) is 6.90. The fourth-order valence-electron chi connectivity index (χ4n) is 4.05. The summed E-state index contributed by atoms with van der Waals surface area (Å²) >= 11 is 18.3. The van der Waals surface area contributed by atoms with E-state index < -0.39 is 6.10 Å². The quantitative estimate of drug-likeness (QED) is 0.239. The van der Waals surface area contributed by atoms with Gasteiger partial charge in [0, 0.05) is 10.6 Å². The highest BCUT2D eigenvalue weighted by Crippen LogP contribution is 2.40. The van der Waals surface area contributed by atoms with Gasteiger partial charge < -0.3 is 14.6 Å². The second-order valence-corrected chi connectivity index (χ2v) is 12.7. The highest BCUT2D eigenvalue weighted by Gasteiger charge is 2.29. The molecule has 1 atom stereocenters. The molecule has 1 aromatic heterocycles. The molecule has 6 nitrogen and oxygen atoms in total. The Morgan fingerprint density at radius 1 is 1.05 bits per heavy atom. The second kappa shape index (κ2) is 12.9. The van der Waals surface area contributed by atoms with Gasteiger partial charge in [0.25, 0.3) is 5.89 Å².